The Morgan fingerprint density at radius 1 is 0.797 bits per heavy atom. The van der Waals surface area contributed by atoms with Crippen molar-refractivity contribution in [2.24, 2.45) is 16.7 Å². The average molecular weight is 1130 g/mol. The number of Topliss-reactive ketones (excluding diaryl/α,β-unsaturated/α-hetero) is 1. The molecule has 4 aromatic rings. The Morgan fingerprint density at radius 2 is 1.44 bits per heavy atom. The number of nitrogens with one attached hydrogen (secondary N) is 1. The molecule has 79 heavy (non-hydrogen) atoms. The van der Waals surface area contributed by atoms with Crippen molar-refractivity contribution in [2.45, 2.75) is 113 Å². The first-order chi connectivity index (χ1) is 37.7. The van der Waals surface area contributed by atoms with Crippen molar-refractivity contribution in [3.05, 3.63) is 143 Å². The van der Waals surface area contributed by atoms with Gasteiger partial charge in [-0.05, 0) is 77.7 Å². The van der Waals surface area contributed by atoms with Gasteiger partial charge in [-0.2, -0.15) is 0 Å². The minimum absolute atomic E-state index is 0.00245. The number of pyridine rings is 1. The summed E-state index contributed by atoms with van der Waals surface area (Å²) < 4.78 is 48.7. The van der Waals surface area contributed by atoms with Crippen LogP contribution in [0.2, 0.25) is 0 Å². The summed E-state index contributed by atoms with van der Waals surface area (Å²) >= 11 is 0. The Kier molecular flexibility index (Phi) is 18.5. The molecule has 3 aromatic carbocycles. The van der Waals surface area contributed by atoms with Gasteiger partial charge in [0.1, 0.15) is 41.6 Å². The molecule has 3 N–H and O–H groups in total. The quantitative estimate of drug-likeness (QED) is 0.0278. The summed E-state index contributed by atoms with van der Waals surface area (Å²) in [5.41, 5.74) is -7.63. The van der Waals surface area contributed by atoms with Crippen LogP contribution in [0, 0.1) is 16.7 Å². The van der Waals surface area contributed by atoms with E-state index in [1.807, 2.05) is 18.2 Å². The van der Waals surface area contributed by atoms with E-state index in [2.05, 4.69) is 10.3 Å². The Labute approximate surface area is 465 Å². The predicted molar refractivity (Wildman–Crippen MR) is 286 cm³/mol. The average Bonchev–Trinajstić information content (AvgIpc) is 2.26. The number of aliphatic hydroxyl groups is 2. The van der Waals surface area contributed by atoms with Crippen molar-refractivity contribution in [3.8, 4) is 0 Å². The zero-order chi connectivity index (χ0) is 56.7. The van der Waals surface area contributed by atoms with Crippen LogP contribution in [0.25, 0.3) is 0 Å². The van der Waals surface area contributed by atoms with Gasteiger partial charge in [0, 0.05) is 49.6 Å². The second kappa shape index (κ2) is 24.9. The van der Waals surface area contributed by atoms with Gasteiger partial charge >= 0.3 is 29.8 Å². The number of carbonyl (C=O) groups is 7. The molecule has 420 valence electrons. The zero-order valence-electron chi connectivity index (χ0n) is 44.5. The van der Waals surface area contributed by atoms with E-state index in [-0.39, 0.29) is 48.5 Å². The first-order valence-corrected chi connectivity index (χ1v) is 28.1. The van der Waals surface area contributed by atoms with Crippen LogP contribution in [0.4, 0.5) is 0 Å². The number of aliphatic hydroxyl groups excluding tert-OH is 1. The molecule has 1 aromatic heterocycles. The van der Waals surface area contributed by atoms with Crippen molar-refractivity contribution < 1.29 is 81.7 Å². The fraction of sp³-hybridized carbons (Fsp3) is 0.448. The van der Waals surface area contributed by atoms with Crippen LogP contribution < -0.4 is 5.32 Å². The molecular weight excluding hydrogens is 1060 g/mol. The van der Waals surface area contributed by atoms with Crippen LogP contribution in [0.3, 0.4) is 0 Å². The van der Waals surface area contributed by atoms with Gasteiger partial charge in [0.15, 0.2) is 23.6 Å². The molecule has 0 unspecified atom stereocenters. The molecule has 1 saturated heterocycles. The Balaban J connectivity index is 1.16. The van der Waals surface area contributed by atoms with Crippen molar-refractivity contribution in [3.63, 3.8) is 0 Å². The van der Waals surface area contributed by atoms with E-state index in [9.17, 15) is 39.0 Å². The molecule has 1 aliphatic heterocycles. The van der Waals surface area contributed by atoms with E-state index in [1.165, 1.54) is 36.8 Å². The first kappa shape index (κ1) is 58.7. The Bertz CT molecular complexity index is 2900. The van der Waals surface area contributed by atoms with Crippen molar-refractivity contribution >= 4 is 63.1 Å². The van der Waals surface area contributed by atoms with Crippen LogP contribution in [-0.2, 0) is 61.9 Å². The van der Waals surface area contributed by atoms with Gasteiger partial charge in [0.2, 0.25) is 0 Å². The van der Waals surface area contributed by atoms with E-state index < -0.39 is 125 Å². The van der Waals surface area contributed by atoms with Crippen molar-refractivity contribution in [2.75, 3.05) is 38.8 Å². The van der Waals surface area contributed by atoms with E-state index in [0.29, 0.717) is 17.9 Å². The molecule has 19 nitrogen and oxygen atoms in total. The zero-order valence-corrected chi connectivity index (χ0v) is 46.2. The Hall–Kier alpha value is -6.46. The predicted octanol–water partition coefficient (Wildman–Crippen LogP) is 6.16. The largest absolute Gasteiger partial charge is 0.459 e. The summed E-state index contributed by atoms with van der Waals surface area (Å²) in [6.07, 6.45) is -9.30. The lowest BCUT2D eigenvalue weighted by atomic mass is 9.44. The number of hydrogen-bond acceptors (Lipinski definition) is 20. The van der Waals surface area contributed by atoms with Crippen molar-refractivity contribution in [1.82, 2.24) is 10.3 Å². The van der Waals surface area contributed by atoms with Crippen molar-refractivity contribution in [1.29, 1.82) is 0 Å². The topological polar surface area (TPSA) is 259 Å². The van der Waals surface area contributed by atoms with Crippen LogP contribution in [0.15, 0.2) is 132 Å². The molecule has 3 aliphatic carbocycles. The molecule has 3 fully saturated rings. The third-order valence-corrected chi connectivity index (χ3v) is 17.6. The first-order valence-electron chi connectivity index (χ1n) is 25.8. The summed E-state index contributed by atoms with van der Waals surface area (Å²) in [7, 11) is 3.08. The minimum Gasteiger partial charge on any atom is -0.459 e. The minimum atomic E-state index is -2.49. The monoisotopic (exact) mass is 1120 g/mol. The third kappa shape index (κ3) is 12.2. The fourth-order valence-corrected chi connectivity index (χ4v) is 13.2. The maximum atomic E-state index is 16.3. The highest BCUT2D eigenvalue weighted by Gasteiger charge is 2.79. The number of esters is 5. The summed E-state index contributed by atoms with van der Waals surface area (Å²) in [5, 5.41) is 29.7. The van der Waals surface area contributed by atoms with Gasteiger partial charge in [-0.3, -0.25) is 19.2 Å². The number of carbonyl (C=O) groups excluding carboxylic acids is 7. The fourth-order valence-electron chi connectivity index (χ4n) is 11.5. The highest BCUT2D eigenvalue weighted by atomic mass is 33.1. The molecule has 2 saturated carbocycles. The summed E-state index contributed by atoms with van der Waals surface area (Å²) in [6.45, 7) is 7.79. The molecule has 0 spiro atoms. The standard InChI is InChI=1S/C58H64N2O17S2/c1-34-40(74-54(68)47(64)46(37-18-10-7-11-19-37)60-52(66)38-20-12-8-13-21-38)31-58(69)51(76-53(67)39-22-14-9-15-23-39)49-56(6,50(65)48(73-35(2)61)45(34)55(58,4)5)41(30-42-57(49,33-72-42)77-36(3)62)75-44(63)32-71-27-26-70-28-29-78-79-43-24-16-17-25-59-43/h7-25,40-42,46-49,51,64,69H,26-33H2,1-6H3,(H,60,66)/t40-,41-,42+,46-,47+,48+,49-,51-,56+,57-,58+/m0/s1. The smallest absolute Gasteiger partial charge is 0.338 e. The van der Waals surface area contributed by atoms with Crippen LogP contribution in [0.5, 0.6) is 0 Å². The molecule has 1 amide bonds. The lowest BCUT2D eigenvalue weighted by Gasteiger charge is -2.67. The lowest BCUT2D eigenvalue weighted by molar-refractivity contribution is -0.346. The SMILES string of the molecule is CC(=O)O[C@H]1C(=O)[C@]2(C)[C@@H](OC(=O)COCCOCCSSc3ccccn3)C[C@H]3OC[C@@]3(OC(C)=O)[C@H]2[C@H](OC(=O)c2ccccc2)[C@]2(O)C[C@H](OC(=O)[C@H](O)[C@@H](NC(=O)c3ccccc3)c3ccccc3)C(C)=C1C2(C)C. The molecule has 11 atom stereocenters. The maximum absolute atomic E-state index is 16.3. The normalized spacial score (nSPS) is 27.4. The second-order valence-electron chi connectivity index (χ2n) is 20.6. The highest BCUT2D eigenvalue weighted by Crippen LogP contribution is 2.65. The molecular formula is C58H64N2O17S2. The number of rotatable bonds is 21. The number of aromatic nitrogens is 1. The van der Waals surface area contributed by atoms with Gasteiger partial charge in [0.25, 0.3) is 5.91 Å². The highest BCUT2D eigenvalue weighted by molar-refractivity contribution is 8.76. The molecule has 2 bridgehead atoms. The maximum Gasteiger partial charge on any atom is 0.338 e. The lowest BCUT2D eigenvalue weighted by Crippen LogP contribution is -2.82. The summed E-state index contributed by atoms with van der Waals surface area (Å²) in [4.78, 5) is 104. The number of amides is 1. The number of nitrogens with zero attached hydrogens (tertiary/aromatic N) is 1. The van der Waals surface area contributed by atoms with E-state index in [0.717, 1.165) is 18.9 Å². The van der Waals surface area contributed by atoms with Gasteiger partial charge in [-0.15, -0.1) is 0 Å². The van der Waals surface area contributed by atoms with Gasteiger partial charge in [-0.25, -0.2) is 19.4 Å². The second-order valence-corrected chi connectivity index (χ2v) is 23.0. The van der Waals surface area contributed by atoms with Crippen LogP contribution in [-0.4, -0.2) is 143 Å². The van der Waals surface area contributed by atoms with Gasteiger partial charge < -0.3 is 53.4 Å². The van der Waals surface area contributed by atoms with E-state index in [1.54, 1.807) is 110 Å². The van der Waals surface area contributed by atoms with E-state index in [4.69, 9.17) is 37.9 Å². The number of hydrogen-bond donors (Lipinski definition) is 3. The van der Waals surface area contributed by atoms with Gasteiger partial charge in [-0.1, -0.05) is 97.4 Å². The van der Waals surface area contributed by atoms with E-state index >= 15 is 4.79 Å². The molecule has 0 radical (unpaired) electrons. The summed E-state index contributed by atoms with van der Waals surface area (Å²) in [6, 6.07) is 28.4. The molecule has 21 heteroatoms. The molecule has 4 aliphatic rings. The van der Waals surface area contributed by atoms with Crippen LogP contribution >= 0.6 is 21.6 Å². The molecule has 8 rings (SSSR count). The van der Waals surface area contributed by atoms with Crippen LogP contribution in [0.1, 0.15) is 86.7 Å². The number of fused-ring (bicyclic) bond motifs is 5. The number of ether oxygens (including phenoxy) is 8. The third-order valence-electron chi connectivity index (χ3n) is 15.4. The number of benzene rings is 3. The Morgan fingerprint density at radius 3 is 2.06 bits per heavy atom. The number of ketones is 1. The summed E-state index contributed by atoms with van der Waals surface area (Å²) in [5.74, 6) is -7.47. The van der Waals surface area contributed by atoms with Gasteiger partial charge in [0.05, 0.1) is 49.4 Å². The molecule has 2 heterocycles.